The van der Waals surface area contributed by atoms with Gasteiger partial charge in [0.15, 0.2) is 0 Å². The van der Waals surface area contributed by atoms with Gasteiger partial charge in [0.1, 0.15) is 12.1 Å². The minimum atomic E-state index is -1.03. The molecule has 0 aromatic carbocycles. The van der Waals surface area contributed by atoms with E-state index in [2.05, 4.69) is 5.32 Å². The average Bonchev–Trinajstić information content (AvgIpc) is 2.82. The molecule has 1 heterocycles. The van der Waals surface area contributed by atoms with Gasteiger partial charge in [-0.3, -0.25) is 4.79 Å². The highest BCUT2D eigenvalue weighted by atomic mass is 32.2. The van der Waals surface area contributed by atoms with Crippen molar-refractivity contribution in [2.24, 2.45) is 5.73 Å². The number of carbonyl (C=O) groups excluding carboxylic acids is 2. The Morgan fingerprint density at radius 2 is 2.26 bits per heavy atom. The number of nitrogens with zero attached hydrogens (tertiary/aromatic N) is 1. The summed E-state index contributed by atoms with van der Waals surface area (Å²) >= 11 is 2.92. The highest BCUT2D eigenvalue weighted by Crippen LogP contribution is 2.22. The highest BCUT2D eigenvalue weighted by molar-refractivity contribution is 7.99. The smallest absolute Gasteiger partial charge is 0.327 e. The normalized spacial score (nSPS) is 20.1. The van der Waals surface area contributed by atoms with Crippen molar-refractivity contribution in [3.05, 3.63) is 0 Å². The minimum Gasteiger partial charge on any atom is -0.480 e. The van der Waals surface area contributed by atoms with Crippen molar-refractivity contribution >= 4 is 41.4 Å². The zero-order valence-corrected chi connectivity index (χ0v) is 12.1. The van der Waals surface area contributed by atoms with Crippen LogP contribution in [0, 0.1) is 0 Å². The van der Waals surface area contributed by atoms with E-state index in [9.17, 15) is 14.4 Å². The van der Waals surface area contributed by atoms with E-state index < -0.39 is 24.1 Å². The Morgan fingerprint density at radius 3 is 2.79 bits per heavy atom. The summed E-state index contributed by atoms with van der Waals surface area (Å²) in [5.74, 6) is -0.0415. The van der Waals surface area contributed by atoms with Gasteiger partial charge in [-0.05, 0) is 18.4 Å². The Labute approximate surface area is 119 Å². The molecule has 0 aromatic heterocycles. The van der Waals surface area contributed by atoms with Gasteiger partial charge in [0.25, 0.3) is 0 Å². The van der Waals surface area contributed by atoms with E-state index in [1.165, 1.54) is 28.4 Å². The van der Waals surface area contributed by atoms with Gasteiger partial charge in [-0.2, -0.15) is 11.8 Å². The second kappa shape index (κ2) is 7.49. The SMILES string of the molecule is CSCCC(NC(N)=O)C(=O)N1CSC[C@H]1C(=O)O. The first kappa shape index (κ1) is 16.0. The third-order valence-electron chi connectivity index (χ3n) is 2.68. The van der Waals surface area contributed by atoms with E-state index in [0.29, 0.717) is 23.8 Å². The van der Waals surface area contributed by atoms with Crippen molar-refractivity contribution in [2.75, 3.05) is 23.6 Å². The van der Waals surface area contributed by atoms with Crippen LogP contribution in [0.3, 0.4) is 0 Å². The number of urea groups is 1. The number of hydrogen-bond acceptors (Lipinski definition) is 5. The van der Waals surface area contributed by atoms with Crippen molar-refractivity contribution in [3.63, 3.8) is 0 Å². The number of hydrogen-bond donors (Lipinski definition) is 3. The molecular formula is C10H17N3O4S2. The Kier molecular flexibility index (Phi) is 6.29. The molecule has 0 spiro atoms. The molecule has 1 unspecified atom stereocenters. The van der Waals surface area contributed by atoms with Crippen LogP contribution in [-0.4, -0.2) is 63.6 Å². The lowest BCUT2D eigenvalue weighted by Gasteiger charge is -2.26. The molecule has 0 saturated carbocycles. The second-order valence-electron chi connectivity index (χ2n) is 4.00. The molecule has 0 aromatic rings. The number of carbonyl (C=O) groups is 3. The number of primary amides is 1. The molecule has 1 fully saturated rings. The van der Waals surface area contributed by atoms with Crippen LogP contribution in [0.2, 0.25) is 0 Å². The molecule has 1 rings (SSSR count). The number of carboxylic acid groups (broad SMARTS) is 1. The van der Waals surface area contributed by atoms with E-state index in [1.54, 1.807) is 0 Å². The minimum absolute atomic E-state index is 0.325. The lowest BCUT2D eigenvalue weighted by molar-refractivity contribution is -0.148. The van der Waals surface area contributed by atoms with Gasteiger partial charge in [0.05, 0.1) is 5.88 Å². The first-order chi connectivity index (χ1) is 8.97. The number of amides is 3. The van der Waals surface area contributed by atoms with Gasteiger partial charge in [-0.25, -0.2) is 9.59 Å². The van der Waals surface area contributed by atoms with Crippen LogP contribution in [0.25, 0.3) is 0 Å². The predicted molar refractivity (Wildman–Crippen MR) is 75.1 cm³/mol. The molecule has 4 N–H and O–H groups in total. The monoisotopic (exact) mass is 307 g/mol. The molecule has 1 saturated heterocycles. The largest absolute Gasteiger partial charge is 0.480 e. The van der Waals surface area contributed by atoms with Crippen LogP contribution < -0.4 is 11.1 Å². The summed E-state index contributed by atoms with van der Waals surface area (Å²) in [5, 5.41) is 11.4. The fourth-order valence-corrected chi connectivity index (χ4v) is 3.36. The maximum atomic E-state index is 12.3. The number of nitrogens with one attached hydrogen (secondary N) is 1. The summed E-state index contributed by atoms with van der Waals surface area (Å²) < 4.78 is 0. The van der Waals surface area contributed by atoms with Crippen LogP contribution in [0.5, 0.6) is 0 Å². The van der Waals surface area contributed by atoms with Crippen LogP contribution in [-0.2, 0) is 9.59 Å². The van der Waals surface area contributed by atoms with Gasteiger partial charge in [-0.1, -0.05) is 0 Å². The fraction of sp³-hybridized carbons (Fsp3) is 0.700. The van der Waals surface area contributed by atoms with Crippen molar-refractivity contribution in [2.45, 2.75) is 18.5 Å². The first-order valence-electron chi connectivity index (χ1n) is 5.63. The summed E-state index contributed by atoms with van der Waals surface area (Å²) in [4.78, 5) is 35.5. The average molecular weight is 307 g/mol. The number of rotatable bonds is 6. The zero-order chi connectivity index (χ0) is 14.4. The third kappa shape index (κ3) is 4.50. The highest BCUT2D eigenvalue weighted by Gasteiger charge is 2.37. The Hall–Kier alpha value is -1.09. The maximum absolute atomic E-state index is 12.3. The molecule has 2 atom stereocenters. The van der Waals surface area contributed by atoms with Crippen molar-refractivity contribution in [3.8, 4) is 0 Å². The first-order valence-corrected chi connectivity index (χ1v) is 8.18. The molecule has 19 heavy (non-hydrogen) atoms. The molecule has 9 heteroatoms. The van der Waals surface area contributed by atoms with Gasteiger partial charge in [0, 0.05) is 5.75 Å². The van der Waals surface area contributed by atoms with Crippen LogP contribution >= 0.6 is 23.5 Å². The number of thioether (sulfide) groups is 2. The summed E-state index contributed by atoms with van der Waals surface area (Å²) in [7, 11) is 0. The number of carboxylic acids is 1. The Bertz CT molecular complexity index is 367. The summed E-state index contributed by atoms with van der Waals surface area (Å²) in [6.07, 6.45) is 2.31. The van der Waals surface area contributed by atoms with Gasteiger partial charge in [0.2, 0.25) is 5.91 Å². The van der Waals surface area contributed by atoms with Gasteiger partial charge in [-0.15, -0.1) is 11.8 Å². The van der Waals surface area contributed by atoms with E-state index in [0.717, 1.165) is 0 Å². The molecule has 0 aliphatic carbocycles. The molecule has 3 amide bonds. The van der Waals surface area contributed by atoms with E-state index >= 15 is 0 Å². The topological polar surface area (TPSA) is 113 Å². The van der Waals surface area contributed by atoms with Gasteiger partial charge < -0.3 is 21.1 Å². The van der Waals surface area contributed by atoms with Gasteiger partial charge >= 0.3 is 12.0 Å². The van der Waals surface area contributed by atoms with E-state index in [1.807, 2.05) is 6.26 Å². The molecule has 0 radical (unpaired) electrons. The lowest BCUT2D eigenvalue weighted by Crippen LogP contribution is -2.53. The third-order valence-corrected chi connectivity index (χ3v) is 4.33. The van der Waals surface area contributed by atoms with Crippen molar-refractivity contribution < 1.29 is 19.5 Å². The number of nitrogens with two attached hydrogens (primary N) is 1. The molecule has 7 nitrogen and oxygen atoms in total. The zero-order valence-electron chi connectivity index (χ0n) is 10.5. The van der Waals surface area contributed by atoms with Crippen molar-refractivity contribution in [1.82, 2.24) is 10.2 Å². The van der Waals surface area contributed by atoms with Crippen molar-refractivity contribution in [1.29, 1.82) is 0 Å². The summed E-state index contributed by atoms with van der Waals surface area (Å²) in [5.41, 5.74) is 5.05. The summed E-state index contributed by atoms with van der Waals surface area (Å²) in [6.45, 7) is 0. The molecule has 1 aliphatic rings. The molecule has 0 bridgehead atoms. The fourth-order valence-electron chi connectivity index (χ4n) is 1.73. The van der Waals surface area contributed by atoms with Crippen LogP contribution in [0.15, 0.2) is 0 Å². The van der Waals surface area contributed by atoms with Crippen LogP contribution in [0.4, 0.5) is 4.79 Å². The van der Waals surface area contributed by atoms with Crippen LogP contribution in [0.1, 0.15) is 6.42 Å². The molecule has 108 valence electrons. The molecule has 1 aliphatic heterocycles. The maximum Gasteiger partial charge on any atom is 0.327 e. The Balaban J connectivity index is 2.73. The quantitative estimate of drug-likeness (QED) is 0.624. The molecular weight excluding hydrogens is 290 g/mol. The predicted octanol–water partition coefficient (Wildman–Crippen LogP) is -0.237. The standard InChI is InChI=1S/C10H17N3O4S2/c1-18-3-2-6(12-10(11)17)8(14)13-5-19-4-7(13)9(15)16/h6-7H,2-5H2,1H3,(H,15,16)(H3,11,12,17)/t6?,7-/m0/s1. The lowest BCUT2D eigenvalue weighted by atomic mass is 10.1. The van der Waals surface area contributed by atoms with E-state index in [-0.39, 0.29) is 5.91 Å². The number of aliphatic carboxylic acids is 1. The van der Waals surface area contributed by atoms with E-state index in [4.69, 9.17) is 10.8 Å². The second-order valence-corrected chi connectivity index (χ2v) is 5.99. The summed E-state index contributed by atoms with van der Waals surface area (Å²) in [6, 6.07) is -2.37. The Morgan fingerprint density at radius 1 is 1.58 bits per heavy atom.